The van der Waals surface area contributed by atoms with Crippen LogP contribution in [-0.4, -0.2) is 7.05 Å². The molecule has 0 bridgehead atoms. The van der Waals surface area contributed by atoms with Gasteiger partial charge in [-0.15, -0.1) is 11.8 Å². The van der Waals surface area contributed by atoms with Gasteiger partial charge in [-0.1, -0.05) is 41.9 Å². The quantitative estimate of drug-likeness (QED) is 0.519. The van der Waals surface area contributed by atoms with E-state index in [2.05, 4.69) is 19.1 Å². The van der Waals surface area contributed by atoms with Crippen LogP contribution in [0.3, 0.4) is 0 Å². The van der Waals surface area contributed by atoms with Crippen molar-refractivity contribution in [3.05, 3.63) is 58.6 Å². The minimum atomic E-state index is 0.811. The normalized spacial score (nSPS) is 10.5. The number of hydrazine groups is 1. The molecule has 100 valence electrons. The molecule has 0 radical (unpaired) electrons. The van der Waals surface area contributed by atoms with Gasteiger partial charge in [0.05, 0.1) is 5.69 Å². The van der Waals surface area contributed by atoms with Gasteiger partial charge in [-0.05, 0) is 30.2 Å². The molecule has 0 atom stereocenters. The Morgan fingerprint density at radius 3 is 2.58 bits per heavy atom. The van der Waals surface area contributed by atoms with Crippen LogP contribution in [0.1, 0.15) is 11.1 Å². The molecule has 0 spiro atoms. The monoisotopic (exact) mass is 292 g/mol. The third-order valence-corrected chi connectivity index (χ3v) is 4.54. The van der Waals surface area contributed by atoms with Gasteiger partial charge in [-0.2, -0.15) is 0 Å². The first kappa shape index (κ1) is 14.3. The van der Waals surface area contributed by atoms with E-state index in [-0.39, 0.29) is 0 Å². The number of thioether (sulfide) groups is 1. The average Bonchev–Trinajstić information content (AvgIpc) is 2.38. The second-order valence-corrected chi connectivity index (χ2v) is 5.81. The number of rotatable bonds is 4. The summed E-state index contributed by atoms with van der Waals surface area (Å²) in [6, 6.07) is 14.1. The van der Waals surface area contributed by atoms with Gasteiger partial charge < -0.3 is 5.01 Å². The van der Waals surface area contributed by atoms with E-state index < -0.39 is 0 Å². The molecule has 2 N–H and O–H groups in total. The van der Waals surface area contributed by atoms with Crippen LogP contribution in [0.2, 0.25) is 5.02 Å². The number of nitrogens with two attached hydrogens (primary N) is 1. The molecule has 0 saturated heterocycles. The third-order valence-electron chi connectivity index (χ3n) is 2.90. The summed E-state index contributed by atoms with van der Waals surface area (Å²) in [7, 11) is 1.86. The smallest absolute Gasteiger partial charge is 0.0652 e. The van der Waals surface area contributed by atoms with Crippen molar-refractivity contribution in [2.24, 2.45) is 5.84 Å². The lowest BCUT2D eigenvalue weighted by Crippen LogP contribution is -2.25. The number of hydrogen-bond donors (Lipinski definition) is 1. The molecular formula is C15H17ClN2S. The Morgan fingerprint density at radius 1 is 1.16 bits per heavy atom. The summed E-state index contributed by atoms with van der Waals surface area (Å²) in [5, 5.41) is 2.47. The maximum Gasteiger partial charge on any atom is 0.0652 e. The number of aryl methyl sites for hydroxylation is 1. The van der Waals surface area contributed by atoms with Crippen LogP contribution < -0.4 is 10.9 Å². The summed E-state index contributed by atoms with van der Waals surface area (Å²) >= 11 is 7.95. The van der Waals surface area contributed by atoms with Gasteiger partial charge in [0, 0.05) is 22.7 Å². The highest BCUT2D eigenvalue weighted by molar-refractivity contribution is 7.98. The van der Waals surface area contributed by atoms with Gasteiger partial charge in [0.1, 0.15) is 0 Å². The molecule has 2 aromatic rings. The largest absolute Gasteiger partial charge is 0.313 e. The summed E-state index contributed by atoms with van der Waals surface area (Å²) in [4.78, 5) is 1.20. The number of halogens is 1. The zero-order valence-electron chi connectivity index (χ0n) is 11.1. The summed E-state index contributed by atoms with van der Waals surface area (Å²) in [6.07, 6.45) is 0. The van der Waals surface area contributed by atoms with Gasteiger partial charge in [0.15, 0.2) is 0 Å². The Balaban J connectivity index is 2.22. The Hall–Kier alpha value is -1.16. The Labute approximate surface area is 123 Å². The summed E-state index contributed by atoms with van der Waals surface area (Å²) in [5.41, 5.74) is 3.41. The lowest BCUT2D eigenvalue weighted by atomic mass is 10.2. The maximum atomic E-state index is 6.18. The molecule has 0 aliphatic rings. The third kappa shape index (κ3) is 3.44. The Bertz CT molecular complexity index is 570. The van der Waals surface area contributed by atoms with Crippen molar-refractivity contribution in [3.63, 3.8) is 0 Å². The van der Waals surface area contributed by atoms with Crippen LogP contribution in [0.4, 0.5) is 5.69 Å². The van der Waals surface area contributed by atoms with Crippen molar-refractivity contribution in [3.8, 4) is 0 Å². The van der Waals surface area contributed by atoms with Gasteiger partial charge >= 0.3 is 0 Å². The minimum absolute atomic E-state index is 0.811. The van der Waals surface area contributed by atoms with E-state index >= 15 is 0 Å². The molecule has 2 rings (SSSR count). The summed E-state index contributed by atoms with van der Waals surface area (Å²) in [6.45, 7) is 2.10. The maximum absolute atomic E-state index is 6.18. The molecule has 0 heterocycles. The second kappa shape index (κ2) is 6.33. The molecule has 0 aliphatic heterocycles. The van der Waals surface area contributed by atoms with Gasteiger partial charge in [-0.25, -0.2) is 5.84 Å². The van der Waals surface area contributed by atoms with Crippen LogP contribution >= 0.6 is 23.4 Å². The van der Waals surface area contributed by atoms with E-state index in [1.807, 2.05) is 37.4 Å². The first-order valence-corrected chi connectivity index (χ1v) is 7.40. The fourth-order valence-electron chi connectivity index (χ4n) is 1.87. The SMILES string of the molecule is Cc1cccc(N(C)N)c1SCc1ccccc1Cl. The first-order chi connectivity index (χ1) is 9.09. The van der Waals surface area contributed by atoms with Crippen molar-refractivity contribution in [1.29, 1.82) is 0 Å². The zero-order valence-corrected chi connectivity index (χ0v) is 12.6. The highest BCUT2D eigenvalue weighted by Gasteiger charge is 2.09. The minimum Gasteiger partial charge on any atom is -0.313 e. The highest BCUT2D eigenvalue weighted by Crippen LogP contribution is 2.35. The van der Waals surface area contributed by atoms with Crippen LogP contribution in [0.25, 0.3) is 0 Å². The molecule has 2 aromatic carbocycles. The number of nitrogens with zero attached hydrogens (tertiary/aromatic N) is 1. The molecule has 0 amide bonds. The first-order valence-electron chi connectivity index (χ1n) is 6.04. The van der Waals surface area contributed by atoms with E-state index in [4.69, 9.17) is 17.4 Å². The van der Waals surface area contributed by atoms with E-state index in [9.17, 15) is 0 Å². The molecule has 2 nitrogen and oxygen atoms in total. The van der Waals surface area contributed by atoms with Crippen molar-refractivity contribution < 1.29 is 0 Å². The topological polar surface area (TPSA) is 29.3 Å². The second-order valence-electron chi connectivity index (χ2n) is 4.41. The highest BCUT2D eigenvalue weighted by atomic mass is 35.5. The molecule has 0 aliphatic carbocycles. The zero-order chi connectivity index (χ0) is 13.8. The van der Waals surface area contributed by atoms with Crippen molar-refractivity contribution in [2.75, 3.05) is 12.1 Å². The molecule has 4 heteroatoms. The number of benzene rings is 2. The predicted molar refractivity (Wildman–Crippen MR) is 84.8 cm³/mol. The van der Waals surface area contributed by atoms with Crippen molar-refractivity contribution in [2.45, 2.75) is 17.6 Å². The summed E-state index contributed by atoms with van der Waals surface area (Å²) in [5.74, 6) is 6.71. The lowest BCUT2D eigenvalue weighted by molar-refractivity contribution is 0.989. The van der Waals surface area contributed by atoms with Gasteiger partial charge in [0.25, 0.3) is 0 Å². The Kier molecular flexibility index (Phi) is 4.75. The molecule has 0 fully saturated rings. The van der Waals surface area contributed by atoms with Crippen molar-refractivity contribution >= 4 is 29.1 Å². The molecule has 19 heavy (non-hydrogen) atoms. The number of hydrogen-bond acceptors (Lipinski definition) is 3. The standard InChI is InChI=1S/C15H17ClN2S/c1-11-6-5-9-14(18(2)17)15(11)19-10-12-7-3-4-8-13(12)16/h3-9H,10,17H2,1-2H3. The molecular weight excluding hydrogens is 276 g/mol. The fourth-order valence-corrected chi connectivity index (χ4v) is 3.36. The van der Waals surface area contributed by atoms with E-state index in [1.165, 1.54) is 10.5 Å². The lowest BCUT2D eigenvalue weighted by Gasteiger charge is -2.18. The van der Waals surface area contributed by atoms with Crippen LogP contribution in [-0.2, 0) is 5.75 Å². The van der Waals surface area contributed by atoms with Crippen molar-refractivity contribution in [1.82, 2.24) is 0 Å². The predicted octanol–water partition coefficient (Wildman–Crippen LogP) is 4.25. The van der Waals surface area contributed by atoms with Crippen LogP contribution in [0.5, 0.6) is 0 Å². The molecule has 0 unspecified atom stereocenters. The van der Waals surface area contributed by atoms with E-state index in [1.54, 1.807) is 16.8 Å². The van der Waals surface area contributed by atoms with Crippen LogP contribution in [0, 0.1) is 6.92 Å². The van der Waals surface area contributed by atoms with Gasteiger partial charge in [-0.3, -0.25) is 0 Å². The van der Waals surface area contributed by atoms with Crippen LogP contribution in [0.15, 0.2) is 47.4 Å². The van der Waals surface area contributed by atoms with E-state index in [0.29, 0.717) is 0 Å². The van der Waals surface area contributed by atoms with Gasteiger partial charge in [0.2, 0.25) is 0 Å². The fraction of sp³-hybridized carbons (Fsp3) is 0.200. The Morgan fingerprint density at radius 2 is 1.89 bits per heavy atom. The average molecular weight is 293 g/mol. The van der Waals surface area contributed by atoms with E-state index in [0.717, 1.165) is 22.0 Å². The number of anilines is 1. The summed E-state index contributed by atoms with van der Waals surface area (Å²) < 4.78 is 0. The molecule has 0 saturated carbocycles. The molecule has 0 aromatic heterocycles.